The van der Waals surface area contributed by atoms with Crippen molar-refractivity contribution in [2.75, 3.05) is 13.1 Å². The zero-order valence-corrected chi connectivity index (χ0v) is 10.5. The van der Waals surface area contributed by atoms with Gasteiger partial charge in [0.1, 0.15) is 0 Å². The molecule has 3 nitrogen and oxygen atoms in total. The van der Waals surface area contributed by atoms with Gasteiger partial charge in [0, 0.05) is 18.0 Å². The predicted octanol–water partition coefficient (Wildman–Crippen LogP) is 2.02. The summed E-state index contributed by atoms with van der Waals surface area (Å²) >= 11 is 7.34. The molecule has 1 aliphatic rings. The van der Waals surface area contributed by atoms with Crippen LogP contribution in [-0.4, -0.2) is 19.0 Å². The number of nitrogens with one attached hydrogen (secondary N) is 2. The lowest BCUT2D eigenvalue weighted by Crippen LogP contribution is -2.34. The number of rotatable bonds is 6. The Balaban J connectivity index is 1.57. The Morgan fingerprint density at radius 3 is 2.94 bits per heavy atom. The Morgan fingerprint density at radius 2 is 2.31 bits per heavy atom. The fraction of sp³-hybridized carbons (Fsp3) is 0.545. The maximum absolute atomic E-state index is 11.4. The highest BCUT2D eigenvalue weighted by atomic mass is 35.5. The minimum Gasteiger partial charge on any atom is -0.355 e. The average Bonchev–Trinajstić information content (AvgIpc) is 2.99. The van der Waals surface area contributed by atoms with Gasteiger partial charge in [0.25, 0.3) is 0 Å². The molecule has 1 saturated carbocycles. The van der Waals surface area contributed by atoms with Crippen molar-refractivity contribution >= 4 is 28.8 Å². The maximum atomic E-state index is 11.4. The molecule has 0 spiro atoms. The summed E-state index contributed by atoms with van der Waals surface area (Å²) < 4.78 is 0.787. The summed E-state index contributed by atoms with van der Waals surface area (Å²) in [5, 5.41) is 6.01. The number of carbonyl (C=O) groups excluding carboxylic acids is 1. The van der Waals surface area contributed by atoms with Gasteiger partial charge in [-0.05, 0) is 30.9 Å². The van der Waals surface area contributed by atoms with Gasteiger partial charge in [-0.15, -0.1) is 11.3 Å². The minimum absolute atomic E-state index is 0.0783. The molecule has 16 heavy (non-hydrogen) atoms. The molecular formula is C11H15ClN2OS. The third-order valence-electron chi connectivity index (χ3n) is 2.50. The second-order valence-electron chi connectivity index (χ2n) is 4.06. The Labute approximate surface area is 104 Å². The maximum Gasteiger partial charge on any atom is 0.233 e. The topological polar surface area (TPSA) is 41.1 Å². The van der Waals surface area contributed by atoms with Gasteiger partial charge in [-0.2, -0.15) is 0 Å². The molecule has 2 N–H and O–H groups in total. The number of carbonyl (C=O) groups is 1. The van der Waals surface area contributed by atoms with Crippen molar-refractivity contribution in [2.45, 2.75) is 19.4 Å². The monoisotopic (exact) mass is 258 g/mol. The lowest BCUT2D eigenvalue weighted by atomic mass is 10.4. The Hall–Kier alpha value is -0.580. The second-order valence-corrected chi connectivity index (χ2v) is 5.86. The smallest absolute Gasteiger partial charge is 0.233 e. The van der Waals surface area contributed by atoms with Crippen molar-refractivity contribution in [1.82, 2.24) is 10.6 Å². The molecule has 0 bridgehead atoms. The number of amides is 1. The standard InChI is InChI=1S/C11H15ClN2OS/c12-10-4-3-9(16-10)6-13-7-11(15)14-5-8-1-2-8/h3-4,8,13H,1-2,5-7H2,(H,14,15). The SMILES string of the molecule is O=C(CNCc1ccc(Cl)s1)NCC1CC1. The molecule has 0 aliphatic heterocycles. The number of hydrogen-bond acceptors (Lipinski definition) is 3. The number of hydrogen-bond donors (Lipinski definition) is 2. The van der Waals surface area contributed by atoms with Gasteiger partial charge in [0.15, 0.2) is 0 Å². The van der Waals surface area contributed by atoms with E-state index in [4.69, 9.17) is 11.6 Å². The molecule has 1 aliphatic carbocycles. The molecule has 0 saturated heterocycles. The van der Waals surface area contributed by atoms with Gasteiger partial charge in [0.2, 0.25) is 5.91 Å². The highest BCUT2D eigenvalue weighted by Crippen LogP contribution is 2.27. The molecule has 1 aromatic heterocycles. The van der Waals surface area contributed by atoms with Gasteiger partial charge < -0.3 is 10.6 Å². The molecule has 0 unspecified atom stereocenters. The fourth-order valence-electron chi connectivity index (χ4n) is 1.39. The van der Waals surface area contributed by atoms with E-state index < -0.39 is 0 Å². The van der Waals surface area contributed by atoms with E-state index in [9.17, 15) is 4.79 Å². The van der Waals surface area contributed by atoms with Crippen LogP contribution in [0, 0.1) is 5.92 Å². The molecule has 2 rings (SSSR count). The molecule has 1 fully saturated rings. The van der Waals surface area contributed by atoms with Crippen LogP contribution in [0.15, 0.2) is 12.1 Å². The predicted molar refractivity (Wildman–Crippen MR) is 66.8 cm³/mol. The van der Waals surface area contributed by atoms with Gasteiger partial charge in [-0.25, -0.2) is 0 Å². The van der Waals surface area contributed by atoms with Gasteiger partial charge in [0.05, 0.1) is 10.9 Å². The zero-order valence-electron chi connectivity index (χ0n) is 8.96. The number of halogens is 1. The van der Waals surface area contributed by atoms with Crippen LogP contribution < -0.4 is 10.6 Å². The van der Waals surface area contributed by atoms with Crippen molar-refractivity contribution < 1.29 is 4.79 Å². The lowest BCUT2D eigenvalue weighted by Gasteiger charge is -2.04. The summed E-state index contributed by atoms with van der Waals surface area (Å²) in [6.07, 6.45) is 2.53. The van der Waals surface area contributed by atoms with Crippen LogP contribution in [0.1, 0.15) is 17.7 Å². The average molecular weight is 259 g/mol. The molecule has 0 aromatic carbocycles. The van der Waals surface area contributed by atoms with E-state index in [1.54, 1.807) is 0 Å². The summed E-state index contributed by atoms with van der Waals surface area (Å²) in [5.41, 5.74) is 0. The Kier molecular flexibility index (Phi) is 4.21. The van der Waals surface area contributed by atoms with E-state index in [1.807, 2.05) is 12.1 Å². The van der Waals surface area contributed by atoms with E-state index in [0.29, 0.717) is 13.1 Å². The summed E-state index contributed by atoms with van der Waals surface area (Å²) in [6.45, 7) is 1.92. The zero-order chi connectivity index (χ0) is 11.4. The van der Waals surface area contributed by atoms with Crippen LogP contribution in [-0.2, 0) is 11.3 Å². The first-order valence-electron chi connectivity index (χ1n) is 5.45. The van der Waals surface area contributed by atoms with Crippen LogP contribution in [0.3, 0.4) is 0 Å². The number of thiophene rings is 1. The molecule has 1 amide bonds. The molecular weight excluding hydrogens is 244 g/mol. The summed E-state index contributed by atoms with van der Waals surface area (Å²) in [7, 11) is 0. The molecule has 0 atom stereocenters. The first-order chi connectivity index (χ1) is 7.74. The van der Waals surface area contributed by atoms with Crippen molar-refractivity contribution in [1.29, 1.82) is 0 Å². The Morgan fingerprint density at radius 1 is 1.50 bits per heavy atom. The summed E-state index contributed by atoms with van der Waals surface area (Å²) in [6, 6.07) is 3.85. The van der Waals surface area contributed by atoms with Crippen molar-refractivity contribution in [3.8, 4) is 0 Å². The van der Waals surface area contributed by atoms with E-state index in [2.05, 4.69) is 10.6 Å². The molecule has 1 aromatic rings. The van der Waals surface area contributed by atoms with Crippen LogP contribution in [0.4, 0.5) is 0 Å². The molecule has 5 heteroatoms. The van der Waals surface area contributed by atoms with E-state index in [1.165, 1.54) is 24.2 Å². The molecule has 88 valence electrons. The van der Waals surface area contributed by atoms with Crippen LogP contribution >= 0.6 is 22.9 Å². The fourth-order valence-corrected chi connectivity index (χ4v) is 2.45. The van der Waals surface area contributed by atoms with Crippen molar-refractivity contribution in [3.63, 3.8) is 0 Å². The first-order valence-corrected chi connectivity index (χ1v) is 6.65. The first kappa shape index (κ1) is 11.9. The summed E-state index contributed by atoms with van der Waals surface area (Å²) in [4.78, 5) is 12.5. The van der Waals surface area contributed by atoms with Crippen LogP contribution in [0.5, 0.6) is 0 Å². The van der Waals surface area contributed by atoms with Gasteiger partial charge in [-0.3, -0.25) is 4.79 Å². The van der Waals surface area contributed by atoms with Crippen LogP contribution in [0.2, 0.25) is 4.34 Å². The normalized spacial score (nSPS) is 15.1. The van der Waals surface area contributed by atoms with Crippen LogP contribution in [0.25, 0.3) is 0 Å². The van der Waals surface area contributed by atoms with Crippen molar-refractivity contribution in [3.05, 3.63) is 21.3 Å². The van der Waals surface area contributed by atoms with E-state index >= 15 is 0 Å². The highest BCUT2D eigenvalue weighted by molar-refractivity contribution is 7.16. The van der Waals surface area contributed by atoms with E-state index in [0.717, 1.165) is 21.7 Å². The molecule has 1 heterocycles. The summed E-state index contributed by atoms with van der Waals surface area (Å²) in [5.74, 6) is 0.814. The van der Waals surface area contributed by atoms with Crippen molar-refractivity contribution in [2.24, 2.45) is 5.92 Å². The Bertz CT molecular complexity index is 363. The lowest BCUT2D eigenvalue weighted by molar-refractivity contribution is -0.120. The minimum atomic E-state index is 0.0783. The highest BCUT2D eigenvalue weighted by Gasteiger charge is 2.21. The second kappa shape index (κ2) is 5.66. The third kappa shape index (κ3) is 4.12. The third-order valence-corrected chi connectivity index (χ3v) is 3.73. The largest absolute Gasteiger partial charge is 0.355 e. The molecule has 0 radical (unpaired) electrons. The van der Waals surface area contributed by atoms with Gasteiger partial charge in [-0.1, -0.05) is 11.6 Å². The van der Waals surface area contributed by atoms with E-state index in [-0.39, 0.29) is 5.91 Å². The quantitative estimate of drug-likeness (QED) is 0.820. The van der Waals surface area contributed by atoms with Gasteiger partial charge >= 0.3 is 0 Å².